The number of hydroxylamine groups is 1. The first kappa shape index (κ1) is 16.6. The van der Waals surface area contributed by atoms with E-state index in [9.17, 15) is 17.6 Å². The maximum absolute atomic E-state index is 12.9. The molecular weight excluding hydrogens is 335 g/mol. The number of rotatable bonds is 5. The van der Waals surface area contributed by atoms with E-state index >= 15 is 0 Å². The number of nitrogens with one attached hydrogen (secondary N) is 2. The summed E-state index contributed by atoms with van der Waals surface area (Å²) in [7, 11) is -3.90. The third-order valence-corrected chi connectivity index (χ3v) is 5.51. The molecule has 0 radical (unpaired) electrons. The maximum Gasteiger partial charge on any atom is 0.264 e. The van der Waals surface area contributed by atoms with Crippen LogP contribution in [-0.2, 0) is 14.8 Å². The van der Waals surface area contributed by atoms with Gasteiger partial charge in [0.1, 0.15) is 11.4 Å². The number of carbonyl (C=O) groups excluding carboxylic acids is 1. The number of carbonyl (C=O) groups is 1. The zero-order valence-electron chi connectivity index (χ0n) is 12.5. The molecule has 0 aromatic heterocycles. The third-order valence-electron chi connectivity index (χ3n) is 3.96. The van der Waals surface area contributed by atoms with Crippen molar-refractivity contribution in [1.29, 1.82) is 0 Å². The lowest BCUT2D eigenvalue weighted by atomic mass is 10.1. The van der Waals surface area contributed by atoms with E-state index in [-0.39, 0.29) is 10.7 Å². The Morgan fingerprint density at radius 2 is 1.50 bits per heavy atom. The van der Waals surface area contributed by atoms with Gasteiger partial charge in [-0.1, -0.05) is 24.3 Å². The highest BCUT2D eigenvalue weighted by molar-refractivity contribution is 7.89. The normalized spacial score (nSPS) is 15.8. The van der Waals surface area contributed by atoms with E-state index in [1.165, 1.54) is 29.7 Å². The van der Waals surface area contributed by atoms with Gasteiger partial charge < -0.3 is 0 Å². The molecule has 0 saturated heterocycles. The molecule has 24 heavy (non-hydrogen) atoms. The highest BCUT2D eigenvalue weighted by Crippen LogP contribution is 2.37. The Labute approximate surface area is 138 Å². The van der Waals surface area contributed by atoms with E-state index in [0.717, 1.165) is 11.1 Å². The molecule has 0 atom stereocenters. The van der Waals surface area contributed by atoms with E-state index in [4.69, 9.17) is 5.21 Å². The summed E-state index contributed by atoms with van der Waals surface area (Å²) in [5.74, 6) is -1.12. The topological polar surface area (TPSA) is 95.5 Å². The van der Waals surface area contributed by atoms with Crippen molar-refractivity contribution in [2.75, 3.05) is 0 Å². The first-order valence-corrected chi connectivity index (χ1v) is 8.69. The van der Waals surface area contributed by atoms with Gasteiger partial charge in [0, 0.05) is 0 Å². The molecule has 3 rings (SSSR count). The predicted molar refractivity (Wildman–Crippen MR) is 84.1 cm³/mol. The van der Waals surface area contributed by atoms with Gasteiger partial charge in [0.2, 0.25) is 10.0 Å². The van der Waals surface area contributed by atoms with Crippen molar-refractivity contribution < 1.29 is 22.8 Å². The van der Waals surface area contributed by atoms with E-state index < -0.39 is 21.5 Å². The van der Waals surface area contributed by atoms with E-state index in [2.05, 4.69) is 4.72 Å². The second-order valence-electron chi connectivity index (χ2n) is 5.66. The zero-order chi connectivity index (χ0) is 17.4. The van der Waals surface area contributed by atoms with Gasteiger partial charge in [0.25, 0.3) is 5.91 Å². The van der Waals surface area contributed by atoms with Crippen molar-refractivity contribution in [2.24, 2.45) is 0 Å². The summed E-state index contributed by atoms with van der Waals surface area (Å²) in [4.78, 5) is 11.6. The summed E-state index contributed by atoms with van der Waals surface area (Å²) in [6, 6.07) is 11.9. The second kappa shape index (κ2) is 5.97. The van der Waals surface area contributed by atoms with Crippen molar-refractivity contribution in [1.82, 2.24) is 10.2 Å². The van der Waals surface area contributed by atoms with Crippen molar-refractivity contribution in [3.8, 4) is 11.1 Å². The van der Waals surface area contributed by atoms with Crippen LogP contribution in [0.3, 0.4) is 0 Å². The Bertz CT molecular complexity index is 860. The quantitative estimate of drug-likeness (QED) is 0.566. The molecule has 1 aliphatic carbocycles. The smallest absolute Gasteiger partial charge is 0.264 e. The van der Waals surface area contributed by atoms with Crippen molar-refractivity contribution in [3.63, 3.8) is 0 Å². The van der Waals surface area contributed by atoms with Crippen LogP contribution in [0.25, 0.3) is 11.1 Å². The average Bonchev–Trinajstić information content (AvgIpc) is 3.35. The van der Waals surface area contributed by atoms with Crippen LogP contribution in [0.15, 0.2) is 53.4 Å². The molecule has 1 saturated carbocycles. The Morgan fingerprint density at radius 1 is 1.00 bits per heavy atom. The van der Waals surface area contributed by atoms with Crippen LogP contribution in [0.1, 0.15) is 12.8 Å². The lowest BCUT2D eigenvalue weighted by Crippen LogP contribution is -2.48. The van der Waals surface area contributed by atoms with Crippen molar-refractivity contribution >= 4 is 15.9 Å². The molecule has 0 heterocycles. The van der Waals surface area contributed by atoms with Gasteiger partial charge in [-0.25, -0.2) is 18.3 Å². The lowest BCUT2D eigenvalue weighted by molar-refractivity contribution is -0.131. The Hall–Kier alpha value is -2.29. The minimum absolute atomic E-state index is 0.00498. The molecule has 2 aromatic carbocycles. The number of halogens is 1. The predicted octanol–water partition coefficient (Wildman–Crippen LogP) is 1.81. The fraction of sp³-hybridized carbons (Fsp3) is 0.188. The Morgan fingerprint density at radius 3 is 1.96 bits per heavy atom. The van der Waals surface area contributed by atoms with Crippen LogP contribution in [-0.4, -0.2) is 25.1 Å². The van der Waals surface area contributed by atoms with Crippen LogP contribution in [0.4, 0.5) is 4.39 Å². The molecule has 1 fully saturated rings. The molecule has 0 unspecified atom stereocenters. The summed E-state index contributed by atoms with van der Waals surface area (Å²) in [5, 5.41) is 8.70. The van der Waals surface area contributed by atoms with Crippen LogP contribution in [0, 0.1) is 5.82 Å². The molecule has 1 amide bonds. The standard InChI is InChI=1S/C16H15FN2O4S/c17-13-5-1-11(2-6-13)12-3-7-14(8-4-12)24(22,23)19-16(9-10-16)15(20)18-21/h1-8,19,21H,9-10H2,(H,18,20). The minimum atomic E-state index is -3.90. The lowest BCUT2D eigenvalue weighted by Gasteiger charge is -2.15. The van der Waals surface area contributed by atoms with E-state index in [1.54, 1.807) is 24.3 Å². The van der Waals surface area contributed by atoms with E-state index in [1.807, 2.05) is 0 Å². The Kier molecular flexibility index (Phi) is 4.12. The maximum atomic E-state index is 12.9. The highest BCUT2D eigenvalue weighted by Gasteiger charge is 2.52. The molecule has 6 nitrogen and oxygen atoms in total. The summed E-state index contributed by atoms with van der Waals surface area (Å²) in [6.07, 6.45) is 0.651. The van der Waals surface area contributed by atoms with Crippen molar-refractivity contribution in [3.05, 3.63) is 54.3 Å². The van der Waals surface area contributed by atoms with Crippen molar-refractivity contribution in [2.45, 2.75) is 23.3 Å². The highest BCUT2D eigenvalue weighted by atomic mass is 32.2. The summed E-state index contributed by atoms with van der Waals surface area (Å²) >= 11 is 0. The number of amides is 1. The number of benzene rings is 2. The number of sulfonamides is 1. The van der Waals surface area contributed by atoms with Crippen LogP contribution >= 0.6 is 0 Å². The first-order valence-electron chi connectivity index (χ1n) is 7.21. The molecule has 2 aromatic rings. The summed E-state index contributed by atoms with van der Waals surface area (Å²) in [6.45, 7) is 0. The van der Waals surface area contributed by atoms with Gasteiger partial charge in [-0.3, -0.25) is 10.0 Å². The molecule has 8 heteroatoms. The number of hydrogen-bond acceptors (Lipinski definition) is 4. The van der Waals surface area contributed by atoms with Gasteiger partial charge in [-0.05, 0) is 48.2 Å². The average molecular weight is 350 g/mol. The Balaban J connectivity index is 1.82. The second-order valence-corrected chi connectivity index (χ2v) is 7.34. The van der Waals surface area contributed by atoms with E-state index in [0.29, 0.717) is 12.8 Å². The first-order chi connectivity index (χ1) is 11.4. The van der Waals surface area contributed by atoms with Crippen LogP contribution in [0.2, 0.25) is 0 Å². The van der Waals surface area contributed by atoms with Crippen LogP contribution in [0.5, 0.6) is 0 Å². The zero-order valence-corrected chi connectivity index (χ0v) is 13.3. The molecule has 0 aliphatic heterocycles. The largest absolute Gasteiger partial charge is 0.289 e. The molecule has 0 spiro atoms. The van der Waals surface area contributed by atoms with Gasteiger partial charge in [-0.2, -0.15) is 4.72 Å². The summed E-state index contributed by atoms with van der Waals surface area (Å²) < 4.78 is 40.0. The van der Waals surface area contributed by atoms with Gasteiger partial charge >= 0.3 is 0 Å². The van der Waals surface area contributed by atoms with Gasteiger partial charge in [0.15, 0.2) is 0 Å². The van der Waals surface area contributed by atoms with Crippen LogP contribution < -0.4 is 10.2 Å². The SMILES string of the molecule is O=C(NO)C1(NS(=O)(=O)c2ccc(-c3ccc(F)cc3)cc2)CC1. The molecule has 3 N–H and O–H groups in total. The minimum Gasteiger partial charge on any atom is -0.289 e. The van der Waals surface area contributed by atoms with Gasteiger partial charge in [0.05, 0.1) is 4.90 Å². The monoisotopic (exact) mass is 350 g/mol. The molecule has 126 valence electrons. The molecule has 0 bridgehead atoms. The number of hydrogen-bond donors (Lipinski definition) is 3. The fourth-order valence-electron chi connectivity index (χ4n) is 2.39. The molecular formula is C16H15FN2O4S. The molecule has 1 aliphatic rings. The summed E-state index contributed by atoms with van der Waals surface area (Å²) in [5.41, 5.74) is 1.70. The fourth-order valence-corrected chi connectivity index (χ4v) is 3.82. The van der Waals surface area contributed by atoms with Gasteiger partial charge in [-0.15, -0.1) is 0 Å². The third kappa shape index (κ3) is 3.16.